The highest BCUT2D eigenvalue weighted by molar-refractivity contribution is 5.97. The molecule has 7 heterocycles. The predicted molar refractivity (Wildman–Crippen MR) is 222 cm³/mol. The summed E-state index contributed by atoms with van der Waals surface area (Å²) in [6.07, 6.45) is 5.29. The molecule has 0 bridgehead atoms. The van der Waals surface area contributed by atoms with Crippen molar-refractivity contribution in [1.29, 1.82) is 0 Å². The first-order valence-electron chi connectivity index (χ1n) is 21.0. The third-order valence-corrected chi connectivity index (χ3v) is 12.8. The number of hydrogen-bond acceptors (Lipinski definition) is 13. The van der Waals surface area contributed by atoms with Crippen LogP contribution in [-0.2, 0) is 46.9 Å². The van der Waals surface area contributed by atoms with Crippen LogP contribution in [0.1, 0.15) is 76.5 Å². The van der Waals surface area contributed by atoms with E-state index in [0.717, 1.165) is 59.8 Å². The fourth-order valence-electron chi connectivity index (χ4n) is 9.42. The molecule has 0 unspecified atom stereocenters. The molecule has 5 aliphatic rings. The van der Waals surface area contributed by atoms with Crippen LogP contribution in [0.4, 0.5) is 11.8 Å². The molecule has 3 saturated heterocycles. The minimum absolute atomic E-state index is 0.00284. The van der Waals surface area contributed by atoms with Crippen molar-refractivity contribution in [3.05, 3.63) is 81.8 Å². The molecule has 9 rings (SSSR count). The van der Waals surface area contributed by atoms with Gasteiger partial charge in [0.2, 0.25) is 17.8 Å². The highest BCUT2D eigenvalue weighted by Crippen LogP contribution is 2.36. The highest BCUT2D eigenvalue weighted by atomic mass is 16.5. The molecule has 2 aromatic carbocycles. The van der Waals surface area contributed by atoms with Crippen molar-refractivity contribution in [2.75, 3.05) is 69.7 Å². The molecule has 2 aromatic heterocycles. The number of benzene rings is 2. The van der Waals surface area contributed by atoms with Gasteiger partial charge in [-0.25, -0.2) is 19.9 Å². The number of rotatable bonds is 8. The molecule has 0 radical (unpaired) electrons. The van der Waals surface area contributed by atoms with Gasteiger partial charge in [-0.1, -0.05) is 32.0 Å². The Kier molecular flexibility index (Phi) is 10.8. The quantitative estimate of drug-likeness (QED) is 0.235. The molecular formula is C44H52N10O6. The molecule has 2 atom stereocenters. The lowest BCUT2D eigenvalue weighted by Crippen LogP contribution is -2.43. The molecule has 4 N–H and O–H groups in total. The number of aromatic nitrogens is 4. The summed E-state index contributed by atoms with van der Waals surface area (Å²) in [4.78, 5) is 69.6. The zero-order valence-electron chi connectivity index (χ0n) is 34.2. The summed E-state index contributed by atoms with van der Waals surface area (Å²) < 4.78 is 5.61. The van der Waals surface area contributed by atoms with E-state index in [-0.39, 0.29) is 58.5 Å². The monoisotopic (exact) mass is 816 g/mol. The summed E-state index contributed by atoms with van der Waals surface area (Å²) in [6, 6.07) is 9.15. The standard InChI is InChI=1S/C44H52N10O6/c1-26(2)34-16-35(38(56)17-37(34)55)43(59)54-22-28-4-3-27(15-31(28)24-54)20-50-8-5-29(21-50)41(57)52-9-6-30(23-52)42(58)53-10-7-33-36(25-53)48-39(32-18-46-44(45)47-19-32)49-40(33)51-11-13-60-14-12-51/h3-4,15-19,26,29-30,55-56H,5-14,20-25H2,1-2H3,(H2,45,46,47)/t29-,30-/m0/s1. The van der Waals surface area contributed by atoms with Gasteiger partial charge in [-0.15, -0.1) is 0 Å². The molecule has 314 valence electrons. The summed E-state index contributed by atoms with van der Waals surface area (Å²) in [7, 11) is 0. The Balaban J connectivity index is 0.799. The molecule has 16 heteroatoms. The summed E-state index contributed by atoms with van der Waals surface area (Å²) in [6.45, 7) is 11.5. The van der Waals surface area contributed by atoms with E-state index in [2.05, 4.69) is 38.0 Å². The van der Waals surface area contributed by atoms with Crippen molar-refractivity contribution in [3.8, 4) is 22.9 Å². The lowest BCUT2D eigenvalue weighted by molar-refractivity contribution is -0.137. The molecule has 0 aliphatic carbocycles. The normalized spacial score (nSPS) is 20.5. The van der Waals surface area contributed by atoms with Gasteiger partial charge in [0.25, 0.3) is 5.91 Å². The van der Waals surface area contributed by atoms with E-state index in [1.54, 1.807) is 23.4 Å². The molecule has 5 aliphatic heterocycles. The molecule has 3 amide bonds. The molecular weight excluding hydrogens is 765 g/mol. The zero-order chi connectivity index (χ0) is 41.7. The van der Waals surface area contributed by atoms with E-state index in [9.17, 15) is 24.6 Å². The number of amides is 3. The minimum atomic E-state index is -0.271. The topological polar surface area (TPSA) is 195 Å². The van der Waals surface area contributed by atoms with Gasteiger partial charge in [0.15, 0.2) is 5.82 Å². The van der Waals surface area contributed by atoms with Crippen molar-refractivity contribution >= 4 is 29.5 Å². The van der Waals surface area contributed by atoms with E-state index in [0.29, 0.717) is 95.4 Å². The van der Waals surface area contributed by atoms with E-state index in [1.807, 2.05) is 23.6 Å². The van der Waals surface area contributed by atoms with E-state index in [1.165, 1.54) is 6.07 Å². The Morgan fingerprint density at radius 3 is 2.33 bits per heavy atom. The van der Waals surface area contributed by atoms with Crippen molar-refractivity contribution < 1.29 is 29.3 Å². The lowest BCUT2D eigenvalue weighted by atomic mass is 9.98. The molecule has 0 saturated carbocycles. The Bertz CT molecular complexity index is 2320. The number of nitrogens with two attached hydrogens (primary N) is 1. The number of ether oxygens (including phenoxy) is 1. The predicted octanol–water partition coefficient (Wildman–Crippen LogP) is 3.30. The summed E-state index contributed by atoms with van der Waals surface area (Å²) in [5, 5.41) is 20.8. The Hall–Kier alpha value is -5.87. The number of phenols is 2. The number of nitrogens with zero attached hydrogens (tertiary/aromatic N) is 9. The van der Waals surface area contributed by atoms with Crippen molar-refractivity contribution in [3.63, 3.8) is 0 Å². The van der Waals surface area contributed by atoms with Crippen LogP contribution in [0.5, 0.6) is 11.5 Å². The first-order chi connectivity index (χ1) is 29.0. The van der Waals surface area contributed by atoms with Gasteiger partial charge in [-0.2, -0.15) is 0 Å². The van der Waals surface area contributed by atoms with Gasteiger partial charge in [0.05, 0.1) is 48.4 Å². The average molecular weight is 817 g/mol. The fraction of sp³-hybridized carbons (Fsp3) is 0.477. The molecule has 0 spiro atoms. The number of fused-ring (bicyclic) bond motifs is 2. The van der Waals surface area contributed by atoms with Crippen LogP contribution in [0.25, 0.3) is 11.4 Å². The molecule has 3 fully saturated rings. The number of carbonyl (C=O) groups is 3. The van der Waals surface area contributed by atoms with Gasteiger partial charge >= 0.3 is 0 Å². The van der Waals surface area contributed by atoms with Gasteiger partial charge in [0.1, 0.15) is 17.3 Å². The average Bonchev–Trinajstić information content (AvgIpc) is 4.04. The number of aromatic hydroxyl groups is 2. The van der Waals surface area contributed by atoms with Gasteiger partial charge in [-0.05, 0) is 60.0 Å². The van der Waals surface area contributed by atoms with Crippen LogP contribution in [-0.4, -0.2) is 126 Å². The smallest absolute Gasteiger partial charge is 0.258 e. The molecule has 60 heavy (non-hydrogen) atoms. The first-order valence-corrected chi connectivity index (χ1v) is 21.0. The van der Waals surface area contributed by atoms with E-state index < -0.39 is 0 Å². The number of carbonyl (C=O) groups excluding carboxylic acids is 3. The third kappa shape index (κ3) is 7.81. The van der Waals surface area contributed by atoms with Crippen molar-refractivity contribution in [2.24, 2.45) is 11.8 Å². The number of phenolic OH excluding ortho intramolecular Hbond substituents is 2. The lowest BCUT2D eigenvalue weighted by Gasteiger charge is -2.35. The Labute approximate surface area is 349 Å². The number of morpholine rings is 1. The SMILES string of the molecule is CC(C)c1cc(C(=O)N2Cc3ccc(CN4CC[C@H](C(=O)N5CC[C@H](C(=O)N6CCc7c(nc(-c8cnc(N)nc8)nc7N7CCOCC7)C6)C5)C4)cc3C2)c(O)cc1O. The van der Waals surface area contributed by atoms with Crippen molar-refractivity contribution in [2.45, 2.75) is 65.2 Å². The maximum atomic E-state index is 14.0. The van der Waals surface area contributed by atoms with E-state index in [4.69, 9.17) is 20.4 Å². The number of hydrogen-bond donors (Lipinski definition) is 3. The van der Waals surface area contributed by atoms with Crippen LogP contribution in [0.2, 0.25) is 0 Å². The third-order valence-electron chi connectivity index (χ3n) is 12.8. The van der Waals surface area contributed by atoms with Crippen LogP contribution < -0.4 is 10.6 Å². The second-order valence-electron chi connectivity index (χ2n) is 17.1. The first kappa shape index (κ1) is 39.6. The Morgan fingerprint density at radius 1 is 0.817 bits per heavy atom. The summed E-state index contributed by atoms with van der Waals surface area (Å²) >= 11 is 0. The van der Waals surface area contributed by atoms with Crippen LogP contribution in [0, 0.1) is 11.8 Å². The molecule has 16 nitrogen and oxygen atoms in total. The van der Waals surface area contributed by atoms with Crippen molar-refractivity contribution in [1.82, 2.24) is 39.5 Å². The number of anilines is 2. The summed E-state index contributed by atoms with van der Waals surface area (Å²) in [5.74, 6) is 0.824. The highest BCUT2D eigenvalue weighted by Gasteiger charge is 2.39. The van der Waals surface area contributed by atoms with Crippen LogP contribution in [0.3, 0.4) is 0 Å². The Morgan fingerprint density at radius 2 is 1.55 bits per heavy atom. The number of nitrogen functional groups attached to an aromatic ring is 1. The maximum absolute atomic E-state index is 14.0. The maximum Gasteiger partial charge on any atom is 0.258 e. The zero-order valence-corrected chi connectivity index (χ0v) is 34.2. The van der Waals surface area contributed by atoms with E-state index >= 15 is 0 Å². The van der Waals surface area contributed by atoms with Gasteiger partial charge in [0, 0.05) is 82.9 Å². The largest absolute Gasteiger partial charge is 0.508 e. The molecule has 4 aromatic rings. The van der Waals surface area contributed by atoms with Gasteiger partial charge < -0.3 is 40.3 Å². The number of likely N-dealkylation sites (tertiary alicyclic amines) is 2. The second kappa shape index (κ2) is 16.3. The second-order valence-corrected chi connectivity index (χ2v) is 17.1. The van der Waals surface area contributed by atoms with Gasteiger partial charge in [-0.3, -0.25) is 19.3 Å². The summed E-state index contributed by atoms with van der Waals surface area (Å²) in [5.41, 5.74) is 12.4. The van der Waals surface area contributed by atoms with Crippen LogP contribution in [0.15, 0.2) is 42.7 Å². The fourth-order valence-corrected chi connectivity index (χ4v) is 9.42. The van der Waals surface area contributed by atoms with Crippen LogP contribution >= 0.6 is 0 Å². The minimum Gasteiger partial charge on any atom is -0.508 e.